The summed E-state index contributed by atoms with van der Waals surface area (Å²) < 4.78 is 15.6. The van der Waals surface area contributed by atoms with Crippen LogP contribution in [0.2, 0.25) is 0 Å². The number of halogens is 1. The van der Waals surface area contributed by atoms with E-state index in [2.05, 4.69) is 10.4 Å². The zero-order valence-corrected chi connectivity index (χ0v) is 17.6. The fraction of sp³-hybridized carbons (Fsp3) is 0.217. The Morgan fingerprint density at radius 2 is 1.94 bits per heavy atom. The summed E-state index contributed by atoms with van der Waals surface area (Å²) in [6, 6.07) is 11.0. The van der Waals surface area contributed by atoms with Gasteiger partial charge < -0.3 is 16.0 Å². The molecule has 0 saturated heterocycles. The molecule has 8 nitrogen and oxygen atoms in total. The number of rotatable bonds is 3. The van der Waals surface area contributed by atoms with Crippen LogP contribution >= 0.6 is 0 Å². The lowest BCUT2D eigenvalue weighted by atomic mass is 10.0. The number of nitrogens with two attached hydrogens (primary N) is 1. The first-order valence-electron chi connectivity index (χ1n) is 10.0. The molecule has 2 aromatic carbocycles. The minimum atomic E-state index is -0.712. The Morgan fingerprint density at radius 1 is 1.16 bits per heavy atom. The largest absolute Gasteiger partial charge is 0.365 e. The lowest BCUT2D eigenvalue weighted by Crippen LogP contribution is -2.41. The monoisotopic (exact) mass is 432 g/mol. The molecule has 3 aromatic rings. The molecule has 0 bridgehead atoms. The number of carbonyl (C=O) groups is 2. The van der Waals surface area contributed by atoms with Gasteiger partial charge >= 0.3 is 6.03 Å². The van der Waals surface area contributed by atoms with Crippen LogP contribution in [-0.4, -0.2) is 33.2 Å². The van der Waals surface area contributed by atoms with Gasteiger partial charge in [-0.2, -0.15) is 10.4 Å². The number of nitrogens with zero attached hydrogens (tertiary/aromatic N) is 4. The fourth-order valence-electron chi connectivity index (χ4n) is 3.73. The number of nitriles is 1. The highest BCUT2D eigenvalue weighted by Crippen LogP contribution is 2.29. The van der Waals surface area contributed by atoms with Gasteiger partial charge in [-0.1, -0.05) is 12.1 Å². The van der Waals surface area contributed by atoms with Gasteiger partial charge in [-0.3, -0.25) is 9.48 Å². The van der Waals surface area contributed by atoms with Crippen molar-refractivity contribution in [3.8, 4) is 17.3 Å². The molecule has 1 aliphatic rings. The summed E-state index contributed by atoms with van der Waals surface area (Å²) >= 11 is 0. The van der Waals surface area contributed by atoms with E-state index in [0.29, 0.717) is 24.5 Å². The van der Waals surface area contributed by atoms with Crippen LogP contribution in [0.1, 0.15) is 32.7 Å². The SMILES string of the molecule is Cc1ccc(-c2nn3c(c2C(N)=O)CN(C(=O)Nc2ccc(C#N)c(F)c2)CC3)cc1C. The highest BCUT2D eigenvalue weighted by atomic mass is 19.1. The molecule has 3 N–H and O–H groups in total. The number of fused-ring (bicyclic) bond motifs is 1. The first-order valence-corrected chi connectivity index (χ1v) is 10.0. The Bertz CT molecular complexity index is 1290. The van der Waals surface area contributed by atoms with Crippen LogP contribution < -0.4 is 11.1 Å². The minimum absolute atomic E-state index is 0.102. The second kappa shape index (κ2) is 8.15. The van der Waals surface area contributed by atoms with Gasteiger partial charge in [-0.25, -0.2) is 9.18 Å². The number of primary amides is 1. The predicted molar refractivity (Wildman–Crippen MR) is 116 cm³/mol. The van der Waals surface area contributed by atoms with E-state index < -0.39 is 17.8 Å². The Morgan fingerprint density at radius 3 is 2.59 bits per heavy atom. The summed E-state index contributed by atoms with van der Waals surface area (Å²) in [6.07, 6.45) is 0. The molecule has 9 heteroatoms. The van der Waals surface area contributed by atoms with Crippen molar-refractivity contribution in [1.29, 1.82) is 5.26 Å². The number of hydrogen-bond acceptors (Lipinski definition) is 4. The minimum Gasteiger partial charge on any atom is -0.365 e. The first kappa shape index (κ1) is 21.1. The Kier molecular flexibility index (Phi) is 5.36. The maximum atomic E-state index is 13.8. The molecule has 1 aromatic heterocycles. The van der Waals surface area contributed by atoms with Gasteiger partial charge in [0, 0.05) is 17.8 Å². The van der Waals surface area contributed by atoms with Crippen LogP contribution in [0.3, 0.4) is 0 Å². The topological polar surface area (TPSA) is 117 Å². The number of nitrogens with one attached hydrogen (secondary N) is 1. The molecular formula is C23H21FN6O2. The van der Waals surface area contributed by atoms with Gasteiger partial charge in [-0.05, 0) is 49.2 Å². The third-order valence-corrected chi connectivity index (χ3v) is 5.63. The van der Waals surface area contributed by atoms with Crippen molar-refractivity contribution < 1.29 is 14.0 Å². The maximum absolute atomic E-state index is 13.8. The third-order valence-electron chi connectivity index (χ3n) is 5.63. The van der Waals surface area contributed by atoms with Crippen LogP contribution in [0, 0.1) is 31.0 Å². The Labute approximate surface area is 184 Å². The van der Waals surface area contributed by atoms with E-state index in [0.717, 1.165) is 22.8 Å². The zero-order chi connectivity index (χ0) is 23.0. The lowest BCUT2D eigenvalue weighted by Gasteiger charge is -2.28. The van der Waals surface area contributed by atoms with Gasteiger partial charge in [0.1, 0.15) is 17.6 Å². The molecule has 2 heterocycles. The molecule has 0 fully saturated rings. The van der Waals surface area contributed by atoms with E-state index >= 15 is 0 Å². The van der Waals surface area contributed by atoms with Gasteiger partial charge in [0.2, 0.25) is 0 Å². The van der Waals surface area contributed by atoms with Crippen molar-refractivity contribution in [2.24, 2.45) is 5.73 Å². The number of anilines is 1. The average Bonchev–Trinajstić information content (AvgIpc) is 3.14. The average molecular weight is 432 g/mol. The van der Waals surface area contributed by atoms with Gasteiger partial charge in [0.05, 0.1) is 29.9 Å². The highest BCUT2D eigenvalue weighted by Gasteiger charge is 2.29. The molecule has 0 spiro atoms. The van der Waals surface area contributed by atoms with E-state index in [-0.39, 0.29) is 23.4 Å². The molecule has 0 saturated carbocycles. The number of amides is 3. The van der Waals surface area contributed by atoms with Crippen LogP contribution in [0.4, 0.5) is 14.9 Å². The number of urea groups is 1. The van der Waals surface area contributed by atoms with E-state index in [1.165, 1.54) is 17.0 Å². The summed E-state index contributed by atoms with van der Waals surface area (Å²) in [5, 5.41) is 16.1. The standard InChI is InChI=1S/C23H21FN6O2/c1-13-3-4-15(9-14(13)2)21-20(22(26)31)19-12-29(7-8-30(19)28-21)23(32)27-17-6-5-16(11-25)18(24)10-17/h3-6,9-10H,7-8,12H2,1-2H3,(H2,26,31)(H,27,32). The number of aryl methyl sites for hydroxylation is 2. The number of benzene rings is 2. The normalized spacial score (nSPS) is 12.8. The second-order valence-corrected chi connectivity index (χ2v) is 7.71. The molecular weight excluding hydrogens is 411 g/mol. The molecule has 0 atom stereocenters. The van der Waals surface area contributed by atoms with Crippen molar-refractivity contribution in [3.05, 3.63) is 70.2 Å². The Hall–Kier alpha value is -4.19. The van der Waals surface area contributed by atoms with Crippen LogP contribution in [0.5, 0.6) is 0 Å². The van der Waals surface area contributed by atoms with Crippen molar-refractivity contribution in [1.82, 2.24) is 14.7 Å². The molecule has 0 radical (unpaired) electrons. The van der Waals surface area contributed by atoms with Crippen molar-refractivity contribution in [3.63, 3.8) is 0 Å². The third kappa shape index (κ3) is 3.78. The smallest absolute Gasteiger partial charge is 0.322 e. The van der Waals surface area contributed by atoms with Gasteiger partial charge in [-0.15, -0.1) is 0 Å². The van der Waals surface area contributed by atoms with E-state index in [9.17, 15) is 14.0 Å². The van der Waals surface area contributed by atoms with Crippen LogP contribution in [0.25, 0.3) is 11.3 Å². The molecule has 0 unspecified atom stereocenters. The Balaban J connectivity index is 1.61. The molecule has 162 valence electrons. The number of carbonyl (C=O) groups excluding carboxylic acids is 2. The molecule has 1 aliphatic heterocycles. The molecule has 0 aliphatic carbocycles. The molecule has 4 rings (SSSR count). The first-order chi connectivity index (χ1) is 15.3. The van der Waals surface area contributed by atoms with E-state index in [4.69, 9.17) is 11.0 Å². The number of hydrogen-bond donors (Lipinski definition) is 2. The van der Waals surface area contributed by atoms with Crippen LogP contribution in [-0.2, 0) is 13.1 Å². The summed E-state index contributed by atoms with van der Waals surface area (Å²) in [5.41, 5.74) is 10.1. The van der Waals surface area contributed by atoms with Crippen molar-refractivity contribution in [2.45, 2.75) is 26.9 Å². The number of aromatic nitrogens is 2. The predicted octanol–water partition coefficient (Wildman–Crippen LogP) is 3.32. The lowest BCUT2D eigenvalue weighted by molar-refractivity contribution is 0.0997. The summed E-state index contributed by atoms with van der Waals surface area (Å²) in [7, 11) is 0. The highest BCUT2D eigenvalue weighted by molar-refractivity contribution is 6.00. The van der Waals surface area contributed by atoms with Crippen molar-refractivity contribution in [2.75, 3.05) is 11.9 Å². The van der Waals surface area contributed by atoms with Gasteiger partial charge in [0.15, 0.2) is 0 Å². The van der Waals surface area contributed by atoms with E-state index in [1.807, 2.05) is 32.0 Å². The van der Waals surface area contributed by atoms with E-state index in [1.54, 1.807) is 10.8 Å². The maximum Gasteiger partial charge on any atom is 0.322 e. The zero-order valence-electron chi connectivity index (χ0n) is 17.6. The summed E-state index contributed by atoms with van der Waals surface area (Å²) in [6.45, 7) is 4.85. The molecule has 32 heavy (non-hydrogen) atoms. The molecule has 3 amide bonds. The second-order valence-electron chi connectivity index (χ2n) is 7.71. The van der Waals surface area contributed by atoms with Crippen LogP contribution in [0.15, 0.2) is 36.4 Å². The van der Waals surface area contributed by atoms with Gasteiger partial charge in [0.25, 0.3) is 5.91 Å². The fourth-order valence-corrected chi connectivity index (χ4v) is 3.73. The quantitative estimate of drug-likeness (QED) is 0.660. The summed E-state index contributed by atoms with van der Waals surface area (Å²) in [5.74, 6) is -1.33. The van der Waals surface area contributed by atoms with Crippen molar-refractivity contribution >= 4 is 17.6 Å². The summed E-state index contributed by atoms with van der Waals surface area (Å²) in [4.78, 5) is 26.6.